The fraction of sp³-hybridized carbons (Fsp3) is 0.0769. The molecule has 0 fully saturated rings. The van der Waals surface area contributed by atoms with E-state index in [0.717, 1.165) is 5.56 Å². The van der Waals surface area contributed by atoms with Gasteiger partial charge in [0.25, 0.3) is 5.91 Å². The van der Waals surface area contributed by atoms with Crippen LogP contribution in [-0.2, 0) is 6.54 Å². The third-order valence-corrected chi connectivity index (χ3v) is 3.29. The number of anilines is 1. The lowest BCUT2D eigenvalue weighted by Crippen LogP contribution is -2.22. The van der Waals surface area contributed by atoms with Crippen molar-refractivity contribution in [2.75, 3.05) is 5.32 Å². The summed E-state index contributed by atoms with van der Waals surface area (Å²) < 4.78 is 0. The molecule has 19 heavy (non-hydrogen) atoms. The van der Waals surface area contributed by atoms with Crippen molar-refractivity contribution in [2.24, 2.45) is 5.73 Å². The fourth-order valence-corrected chi connectivity index (χ4v) is 2.17. The molecule has 5 nitrogen and oxygen atoms in total. The Morgan fingerprint density at radius 3 is 2.47 bits per heavy atom. The summed E-state index contributed by atoms with van der Waals surface area (Å²) in [5.41, 5.74) is 6.58. The van der Waals surface area contributed by atoms with E-state index in [-0.39, 0.29) is 5.91 Å². The van der Waals surface area contributed by atoms with Crippen molar-refractivity contribution < 1.29 is 9.59 Å². The first kappa shape index (κ1) is 13.1. The van der Waals surface area contributed by atoms with Crippen LogP contribution in [0.3, 0.4) is 0 Å². The summed E-state index contributed by atoms with van der Waals surface area (Å²) >= 11 is 1.40. The highest BCUT2D eigenvalue weighted by Gasteiger charge is 2.05. The second kappa shape index (κ2) is 6.01. The number of carbonyl (C=O) groups is 2. The van der Waals surface area contributed by atoms with Gasteiger partial charge in [0.2, 0.25) is 0 Å². The minimum Gasteiger partial charge on any atom is -0.351 e. The molecule has 98 valence electrons. The maximum Gasteiger partial charge on any atom is 0.316 e. The lowest BCUT2D eigenvalue weighted by molar-refractivity contribution is 0.0955. The zero-order valence-corrected chi connectivity index (χ0v) is 10.9. The van der Waals surface area contributed by atoms with Crippen LogP contribution in [0.1, 0.15) is 15.2 Å². The van der Waals surface area contributed by atoms with Crippen molar-refractivity contribution >= 4 is 29.0 Å². The third-order valence-electron chi connectivity index (χ3n) is 2.42. The van der Waals surface area contributed by atoms with Gasteiger partial charge in [-0.05, 0) is 29.1 Å². The standard InChI is InChI=1S/C13H13N3O2S/c14-13(18)16-10-5-3-9(4-6-10)8-15-12(17)11-2-1-7-19-11/h1-7H,8H2,(H,15,17)(H3,14,16,18). The van der Waals surface area contributed by atoms with Crippen LogP contribution in [0.5, 0.6) is 0 Å². The van der Waals surface area contributed by atoms with Crippen molar-refractivity contribution in [2.45, 2.75) is 6.54 Å². The number of nitrogens with one attached hydrogen (secondary N) is 2. The first-order valence-electron chi connectivity index (χ1n) is 5.62. The van der Waals surface area contributed by atoms with Gasteiger partial charge in [-0.3, -0.25) is 4.79 Å². The van der Waals surface area contributed by atoms with Crippen LogP contribution in [0, 0.1) is 0 Å². The van der Waals surface area contributed by atoms with Crippen LogP contribution >= 0.6 is 11.3 Å². The lowest BCUT2D eigenvalue weighted by Gasteiger charge is -2.05. The average molecular weight is 275 g/mol. The first-order chi connectivity index (χ1) is 9.15. The molecule has 4 N–H and O–H groups in total. The molecule has 0 spiro atoms. The van der Waals surface area contributed by atoms with Crippen molar-refractivity contribution in [3.63, 3.8) is 0 Å². The van der Waals surface area contributed by atoms with Gasteiger partial charge in [0.05, 0.1) is 4.88 Å². The first-order valence-corrected chi connectivity index (χ1v) is 6.50. The Kier molecular flexibility index (Phi) is 4.15. The van der Waals surface area contributed by atoms with E-state index in [1.54, 1.807) is 18.2 Å². The molecule has 3 amide bonds. The van der Waals surface area contributed by atoms with Crippen LogP contribution < -0.4 is 16.4 Å². The monoisotopic (exact) mass is 275 g/mol. The van der Waals surface area contributed by atoms with Crippen LogP contribution in [0.25, 0.3) is 0 Å². The normalized spacial score (nSPS) is 9.89. The molecule has 6 heteroatoms. The van der Waals surface area contributed by atoms with Crippen molar-refractivity contribution in [3.05, 3.63) is 52.2 Å². The molecule has 1 heterocycles. The largest absolute Gasteiger partial charge is 0.351 e. The van der Waals surface area contributed by atoms with Gasteiger partial charge in [-0.25, -0.2) is 4.79 Å². The average Bonchev–Trinajstić information content (AvgIpc) is 2.91. The van der Waals surface area contributed by atoms with E-state index in [0.29, 0.717) is 17.1 Å². The maximum atomic E-state index is 11.7. The molecule has 0 saturated carbocycles. The van der Waals surface area contributed by atoms with Gasteiger partial charge in [0.15, 0.2) is 0 Å². The van der Waals surface area contributed by atoms with Crippen LogP contribution in [0.15, 0.2) is 41.8 Å². The fourth-order valence-electron chi connectivity index (χ4n) is 1.53. The molecule has 0 saturated heterocycles. The molecule has 0 aliphatic rings. The van der Waals surface area contributed by atoms with E-state index in [1.165, 1.54) is 11.3 Å². The predicted molar refractivity (Wildman–Crippen MR) is 75.1 cm³/mol. The molecule has 0 unspecified atom stereocenters. The Balaban J connectivity index is 1.89. The second-order valence-electron chi connectivity index (χ2n) is 3.85. The zero-order chi connectivity index (χ0) is 13.7. The molecule has 0 radical (unpaired) electrons. The zero-order valence-electron chi connectivity index (χ0n) is 10.1. The smallest absolute Gasteiger partial charge is 0.316 e. The Bertz CT molecular complexity index is 564. The lowest BCUT2D eigenvalue weighted by atomic mass is 10.2. The van der Waals surface area contributed by atoms with Crippen molar-refractivity contribution in [1.82, 2.24) is 5.32 Å². The van der Waals surface area contributed by atoms with E-state index in [9.17, 15) is 9.59 Å². The number of thiophene rings is 1. The van der Waals surface area contributed by atoms with Gasteiger partial charge in [0, 0.05) is 12.2 Å². The maximum absolute atomic E-state index is 11.7. The molecule has 0 bridgehead atoms. The van der Waals surface area contributed by atoms with E-state index < -0.39 is 6.03 Å². The molecule has 1 aromatic carbocycles. The molecule has 0 aliphatic heterocycles. The quantitative estimate of drug-likeness (QED) is 0.799. The van der Waals surface area contributed by atoms with Crippen molar-refractivity contribution in [3.8, 4) is 0 Å². The minimum absolute atomic E-state index is 0.0886. The summed E-state index contributed by atoms with van der Waals surface area (Å²) in [7, 11) is 0. The minimum atomic E-state index is -0.598. The molecule has 0 aliphatic carbocycles. The highest BCUT2D eigenvalue weighted by Crippen LogP contribution is 2.11. The van der Waals surface area contributed by atoms with Crippen LogP contribution in [0.4, 0.5) is 10.5 Å². The highest BCUT2D eigenvalue weighted by atomic mass is 32.1. The number of carbonyl (C=O) groups excluding carboxylic acids is 2. The SMILES string of the molecule is NC(=O)Nc1ccc(CNC(=O)c2cccs2)cc1. The van der Waals surface area contributed by atoms with Gasteiger partial charge >= 0.3 is 6.03 Å². The molecule has 2 rings (SSSR count). The topological polar surface area (TPSA) is 84.2 Å². The van der Waals surface area contributed by atoms with E-state index >= 15 is 0 Å². The highest BCUT2D eigenvalue weighted by molar-refractivity contribution is 7.12. The number of hydrogen-bond acceptors (Lipinski definition) is 3. The summed E-state index contributed by atoms with van der Waals surface area (Å²) in [5.74, 6) is -0.0886. The van der Waals surface area contributed by atoms with E-state index in [2.05, 4.69) is 10.6 Å². The van der Waals surface area contributed by atoms with Gasteiger partial charge in [-0.15, -0.1) is 11.3 Å². The molecular formula is C13H13N3O2S. The van der Waals surface area contributed by atoms with Gasteiger partial charge < -0.3 is 16.4 Å². The summed E-state index contributed by atoms with van der Waals surface area (Å²) in [6, 6.07) is 10.1. The predicted octanol–water partition coefficient (Wildman–Crippen LogP) is 2.17. The van der Waals surface area contributed by atoms with Gasteiger partial charge in [-0.1, -0.05) is 18.2 Å². The molecule has 2 aromatic rings. The van der Waals surface area contributed by atoms with Crippen LogP contribution in [0.2, 0.25) is 0 Å². The van der Waals surface area contributed by atoms with E-state index in [1.807, 2.05) is 23.6 Å². The number of primary amides is 1. The summed E-state index contributed by atoms with van der Waals surface area (Å²) in [4.78, 5) is 23.1. The Morgan fingerprint density at radius 1 is 1.16 bits per heavy atom. The Morgan fingerprint density at radius 2 is 1.89 bits per heavy atom. The van der Waals surface area contributed by atoms with Crippen molar-refractivity contribution in [1.29, 1.82) is 0 Å². The van der Waals surface area contributed by atoms with E-state index in [4.69, 9.17) is 5.73 Å². The molecular weight excluding hydrogens is 262 g/mol. The number of benzene rings is 1. The Hall–Kier alpha value is -2.34. The van der Waals surface area contributed by atoms with Crippen LogP contribution in [-0.4, -0.2) is 11.9 Å². The number of urea groups is 1. The molecule has 1 aromatic heterocycles. The second-order valence-corrected chi connectivity index (χ2v) is 4.79. The number of rotatable bonds is 4. The third kappa shape index (κ3) is 3.82. The summed E-state index contributed by atoms with van der Waals surface area (Å²) in [6.45, 7) is 0.438. The number of hydrogen-bond donors (Lipinski definition) is 3. The number of amides is 3. The Labute approximate surface area is 114 Å². The van der Waals surface area contributed by atoms with Gasteiger partial charge in [-0.2, -0.15) is 0 Å². The summed E-state index contributed by atoms with van der Waals surface area (Å²) in [6.07, 6.45) is 0. The number of nitrogens with two attached hydrogens (primary N) is 1. The van der Waals surface area contributed by atoms with Gasteiger partial charge in [0.1, 0.15) is 0 Å². The molecule has 0 atom stereocenters. The summed E-state index contributed by atoms with van der Waals surface area (Å²) in [5, 5.41) is 7.15.